The number of nitrogens with one attached hydrogen (secondary N) is 1. The third kappa shape index (κ3) is 8.62. The number of carbonyl (C=O) groups excluding carboxylic acids is 2. The van der Waals surface area contributed by atoms with Gasteiger partial charge in [0, 0.05) is 32.1 Å². The summed E-state index contributed by atoms with van der Waals surface area (Å²) in [6.07, 6.45) is 2.31. The summed E-state index contributed by atoms with van der Waals surface area (Å²) < 4.78 is 32.2. The van der Waals surface area contributed by atoms with Crippen LogP contribution in [0.5, 0.6) is 0 Å². The molecule has 0 heterocycles. The number of benzene rings is 3. The highest BCUT2D eigenvalue weighted by atomic mass is 32.2. The number of hydrogen-bond donors (Lipinski definition) is 1. The first kappa shape index (κ1) is 27.1. The van der Waals surface area contributed by atoms with Crippen molar-refractivity contribution >= 4 is 27.6 Å². The van der Waals surface area contributed by atoms with Gasteiger partial charge in [-0.3, -0.25) is 9.59 Å². The van der Waals surface area contributed by atoms with Crippen molar-refractivity contribution in [3.63, 3.8) is 0 Å². The molecule has 1 amide bonds. The smallest absolute Gasteiger partial charge is 0.305 e. The lowest BCUT2D eigenvalue weighted by Crippen LogP contribution is -2.26. The summed E-state index contributed by atoms with van der Waals surface area (Å²) in [5.74, 6) is -0.561. The first-order valence-electron chi connectivity index (χ1n) is 11.9. The van der Waals surface area contributed by atoms with E-state index in [4.69, 9.17) is 4.74 Å². The molecule has 0 aliphatic rings. The quantitative estimate of drug-likeness (QED) is 0.265. The van der Waals surface area contributed by atoms with Crippen LogP contribution in [0.25, 0.3) is 0 Å². The monoisotopic (exact) mass is 508 g/mol. The van der Waals surface area contributed by atoms with E-state index in [2.05, 4.69) is 5.32 Å². The number of ether oxygens (including phenoxy) is 1. The summed E-state index contributed by atoms with van der Waals surface area (Å²) in [7, 11) is -2.13. The number of esters is 1. The van der Waals surface area contributed by atoms with Crippen LogP contribution in [0.1, 0.15) is 36.8 Å². The van der Waals surface area contributed by atoms with Crippen LogP contribution in [0.15, 0.2) is 89.8 Å². The maximum absolute atomic E-state index is 12.8. The fourth-order valence-electron chi connectivity index (χ4n) is 3.61. The lowest BCUT2D eigenvalue weighted by atomic mass is 10.1. The second kappa shape index (κ2) is 13.6. The Labute approximate surface area is 213 Å². The van der Waals surface area contributed by atoms with Crippen molar-refractivity contribution in [3.05, 3.63) is 96.1 Å². The van der Waals surface area contributed by atoms with Crippen LogP contribution < -0.4 is 5.32 Å². The van der Waals surface area contributed by atoms with Crippen LogP contribution in [-0.4, -0.2) is 38.3 Å². The molecule has 0 radical (unpaired) electrons. The van der Waals surface area contributed by atoms with Gasteiger partial charge in [0.05, 0.1) is 11.5 Å². The molecular formula is C28H32N2O5S. The van der Waals surface area contributed by atoms with Gasteiger partial charge in [-0.25, -0.2) is 8.42 Å². The zero-order chi connectivity index (χ0) is 25.8. The average Bonchev–Trinajstić information content (AvgIpc) is 2.88. The highest BCUT2D eigenvalue weighted by Gasteiger charge is 2.21. The molecule has 0 aliphatic carbocycles. The van der Waals surface area contributed by atoms with E-state index in [1.165, 1.54) is 29.0 Å². The van der Waals surface area contributed by atoms with Crippen molar-refractivity contribution in [2.24, 2.45) is 0 Å². The van der Waals surface area contributed by atoms with Gasteiger partial charge in [-0.1, -0.05) is 60.7 Å². The third-order valence-electron chi connectivity index (χ3n) is 5.59. The predicted molar refractivity (Wildman–Crippen MR) is 140 cm³/mol. The van der Waals surface area contributed by atoms with Crippen molar-refractivity contribution in [1.29, 1.82) is 0 Å². The Hall–Kier alpha value is -3.49. The van der Waals surface area contributed by atoms with Crippen LogP contribution in [0, 0.1) is 0 Å². The van der Waals surface area contributed by atoms with Crippen LogP contribution in [0.2, 0.25) is 0 Å². The molecule has 0 bridgehead atoms. The first-order chi connectivity index (χ1) is 17.3. The van der Waals surface area contributed by atoms with E-state index < -0.39 is 10.0 Å². The molecule has 36 heavy (non-hydrogen) atoms. The van der Waals surface area contributed by atoms with Gasteiger partial charge in [0.25, 0.3) is 0 Å². The van der Waals surface area contributed by atoms with Crippen molar-refractivity contribution in [1.82, 2.24) is 4.31 Å². The third-order valence-corrected chi connectivity index (χ3v) is 7.41. The van der Waals surface area contributed by atoms with Gasteiger partial charge in [-0.15, -0.1) is 0 Å². The summed E-state index contributed by atoms with van der Waals surface area (Å²) in [5.41, 5.74) is 2.59. The summed E-state index contributed by atoms with van der Waals surface area (Å²) in [6, 6.07) is 25.4. The molecule has 190 valence electrons. The van der Waals surface area contributed by atoms with E-state index in [9.17, 15) is 18.0 Å². The Kier molecular flexibility index (Phi) is 10.2. The molecule has 0 spiro atoms. The number of amides is 1. The number of hydrogen-bond acceptors (Lipinski definition) is 5. The van der Waals surface area contributed by atoms with Gasteiger partial charge >= 0.3 is 5.97 Å². The number of carbonyl (C=O) groups is 2. The Morgan fingerprint density at radius 3 is 2.06 bits per heavy atom. The summed E-state index contributed by atoms with van der Waals surface area (Å²) >= 11 is 0. The normalized spacial score (nSPS) is 11.3. The van der Waals surface area contributed by atoms with E-state index in [1.807, 2.05) is 60.7 Å². The molecule has 0 saturated carbocycles. The van der Waals surface area contributed by atoms with E-state index in [-0.39, 0.29) is 36.2 Å². The minimum atomic E-state index is -3.66. The number of aryl methyl sites for hydroxylation is 1. The number of nitrogens with zero attached hydrogens (tertiary/aromatic N) is 1. The van der Waals surface area contributed by atoms with Crippen molar-refractivity contribution in [3.8, 4) is 0 Å². The minimum absolute atomic E-state index is 0.147. The van der Waals surface area contributed by atoms with Crippen molar-refractivity contribution in [2.75, 3.05) is 19.0 Å². The number of anilines is 1. The zero-order valence-corrected chi connectivity index (χ0v) is 21.2. The highest BCUT2D eigenvalue weighted by Crippen LogP contribution is 2.19. The average molecular weight is 509 g/mol. The number of rotatable bonds is 13. The van der Waals surface area contributed by atoms with E-state index >= 15 is 0 Å². The van der Waals surface area contributed by atoms with Gasteiger partial charge in [0.2, 0.25) is 15.9 Å². The number of sulfonamides is 1. The fraction of sp³-hybridized carbons (Fsp3) is 0.286. The highest BCUT2D eigenvalue weighted by molar-refractivity contribution is 7.89. The Balaban J connectivity index is 1.37. The standard InChI is InChI=1S/C28H32N2O5S/c1-30(22-24-12-6-3-7-13-24)36(33,34)26-19-17-25(18-20-26)29-27(31)15-8-16-28(32)35-21-9-14-23-10-4-2-5-11-23/h2-7,10-13,17-20H,8-9,14-16,21-22H2,1H3,(H,29,31). The molecule has 3 aromatic carbocycles. The van der Waals surface area contributed by atoms with E-state index in [0.29, 0.717) is 18.7 Å². The molecule has 0 saturated heterocycles. The Bertz CT molecular complexity index is 1210. The summed E-state index contributed by atoms with van der Waals surface area (Å²) in [5, 5.41) is 2.73. The first-order valence-corrected chi connectivity index (χ1v) is 13.4. The van der Waals surface area contributed by atoms with Crippen LogP contribution in [0.3, 0.4) is 0 Å². The molecule has 3 rings (SSSR count). The van der Waals surface area contributed by atoms with Crippen LogP contribution in [-0.2, 0) is 37.3 Å². The van der Waals surface area contributed by atoms with Gasteiger partial charge in [0.1, 0.15) is 0 Å². The van der Waals surface area contributed by atoms with Gasteiger partial charge in [0.15, 0.2) is 0 Å². The maximum atomic E-state index is 12.8. The maximum Gasteiger partial charge on any atom is 0.305 e. The molecule has 0 aliphatic heterocycles. The Morgan fingerprint density at radius 2 is 1.42 bits per heavy atom. The SMILES string of the molecule is CN(Cc1ccccc1)S(=O)(=O)c1ccc(NC(=O)CCCC(=O)OCCCc2ccccc2)cc1. The van der Waals surface area contributed by atoms with Gasteiger partial charge in [-0.05, 0) is 54.7 Å². The second-order valence-corrected chi connectivity index (χ2v) is 10.5. The summed E-state index contributed by atoms with van der Waals surface area (Å²) in [6.45, 7) is 0.618. The van der Waals surface area contributed by atoms with Gasteiger partial charge in [-0.2, -0.15) is 4.31 Å². The zero-order valence-electron chi connectivity index (χ0n) is 20.4. The molecular weight excluding hydrogens is 476 g/mol. The van der Waals surface area contributed by atoms with Gasteiger partial charge < -0.3 is 10.1 Å². The Morgan fingerprint density at radius 1 is 0.806 bits per heavy atom. The topological polar surface area (TPSA) is 92.8 Å². The molecule has 8 heteroatoms. The fourth-order valence-corrected chi connectivity index (χ4v) is 4.77. The molecule has 3 aromatic rings. The molecule has 7 nitrogen and oxygen atoms in total. The second-order valence-electron chi connectivity index (χ2n) is 8.48. The molecule has 0 unspecified atom stereocenters. The summed E-state index contributed by atoms with van der Waals surface area (Å²) in [4.78, 5) is 24.2. The largest absolute Gasteiger partial charge is 0.466 e. The van der Waals surface area contributed by atoms with E-state index in [1.54, 1.807) is 12.1 Å². The minimum Gasteiger partial charge on any atom is -0.466 e. The molecule has 0 atom stereocenters. The van der Waals surface area contributed by atoms with Crippen molar-refractivity contribution < 1.29 is 22.7 Å². The predicted octanol–water partition coefficient (Wildman–Crippen LogP) is 4.79. The molecule has 1 N–H and O–H groups in total. The van der Waals surface area contributed by atoms with Crippen LogP contribution >= 0.6 is 0 Å². The van der Waals surface area contributed by atoms with E-state index in [0.717, 1.165) is 18.4 Å². The van der Waals surface area contributed by atoms with Crippen molar-refractivity contribution in [2.45, 2.75) is 43.5 Å². The lowest BCUT2D eigenvalue weighted by Gasteiger charge is -2.17. The van der Waals surface area contributed by atoms with Crippen LogP contribution in [0.4, 0.5) is 5.69 Å². The molecule has 0 aromatic heterocycles. The lowest BCUT2D eigenvalue weighted by molar-refractivity contribution is -0.143. The molecule has 0 fully saturated rings.